The minimum atomic E-state index is -0.397. The average Bonchev–Trinajstić information content (AvgIpc) is 3.12. The number of aromatic nitrogens is 3. The van der Waals surface area contributed by atoms with E-state index in [1.807, 2.05) is 54.7 Å². The Bertz CT molecular complexity index is 1870. The normalized spacial score (nSPS) is 13.2. The molecule has 3 N–H and O–H groups in total. The molecule has 0 spiro atoms. The maximum absolute atomic E-state index is 12.6. The van der Waals surface area contributed by atoms with Crippen LogP contribution >= 0.6 is 23.2 Å². The number of hydrogen-bond acceptors (Lipinski definition) is 9. The number of benzene rings is 3. The van der Waals surface area contributed by atoms with Crippen molar-refractivity contribution in [1.29, 1.82) is 0 Å². The SMILES string of the molecule is COc1cc2ncnc(NCc3cccc(NC(=O)Nc4ccc(Cl)c(Cl)c4)c3)c2cc1OCCCCN1CCN(c2ccccn2)CC1. The van der Waals surface area contributed by atoms with Crippen LogP contribution in [0.1, 0.15) is 18.4 Å². The third kappa shape index (κ3) is 9.20. The second-order valence-electron chi connectivity index (χ2n) is 11.6. The fraction of sp³-hybridized carbons (Fsp3) is 0.278. The molecule has 0 radical (unpaired) electrons. The van der Waals surface area contributed by atoms with Crippen molar-refractivity contribution in [3.63, 3.8) is 0 Å². The topological polar surface area (TPSA) is 117 Å². The highest BCUT2D eigenvalue weighted by Gasteiger charge is 2.18. The lowest BCUT2D eigenvalue weighted by Crippen LogP contribution is -2.46. The van der Waals surface area contributed by atoms with Crippen LogP contribution in [0, 0.1) is 0 Å². The van der Waals surface area contributed by atoms with Gasteiger partial charge in [0.25, 0.3) is 0 Å². The zero-order valence-electron chi connectivity index (χ0n) is 27.2. The number of urea groups is 1. The molecule has 49 heavy (non-hydrogen) atoms. The second-order valence-corrected chi connectivity index (χ2v) is 12.4. The van der Waals surface area contributed by atoms with Gasteiger partial charge in [-0.1, -0.05) is 41.4 Å². The molecular formula is C36H38Cl2N8O3. The van der Waals surface area contributed by atoms with E-state index in [9.17, 15) is 4.79 Å². The predicted molar refractivity (Wildman–Crippen MR) is 197 cm³/mol. The van der Waals surface area contributed by atoms with E-state index in [4.69, 9.17) is 32.7 Å². The first-order valence-electron chi connectivity index (χ1n) is 16.1. The zero-order chi connectivity index (χ0) is 34.0. The van der Waals surface area contributed by atoms with Crippen molar-refractivity contribution in [3.05, 3.63) is 101 Å². The van der Waals surface area contributed by atoms with Crippen LogP contribution in [0.4, 0.5) is 27.8 Å². The van der Waals surface area contributed by atoms with Crippen molar-refractivity contribution in [2.75, 3.05) is 67.3 Å². The molecule has 0 saturated carbocycles. The predicted octanol–water partition coefficient (Wildman–Crippen LogP) is 7.58. The first kappa shape index (κ1) is 34.0. The number of fused-ring (bicyclic) bond motifs is 1. The highest BCUT2D eigenvalue weighted by atomic mass is 35.5. The Hall–Kier alpha value is -4.84. The van der Waals surface area contributed by atoms with Crippen molar-refractivity contribution in [2.45, 2.75) is 19.4 Å². The summed E-state index contributed by atoms with van der Waals surface area (Å²) < 4.78 is 11.9. The summed E-state index contributed by atoms with van der Waals surface area (Å²) in [6.45, 7) is 6.11. The van der Waals surface area contributed by atoms with Crippen LogP contribution in [0.3, 0.4) is 0 Å². The summed E-state index contributed by atoms with van der Waals surface area (Å²) in [7, 11) is 1.63. The summed E-state index contributed by atoms with van der Waals surface area (Å²) in [6.07, 6.45) is 5.34. The van der Waals surface area contributed by atoms with Crippen LogP contribution in [0.25, 0.3) is 10.9 Å². The molecule has 3 aromatic carbocycles. The Morgan fingerprint density at radius 2 is 1.67 bits per heavy atom. The number of pyridine rings is 1. The van der Waals surface area contributed by atoms with Crippen molar-refractivity contribution in [1.82, 2.24) is 19.9 Å². The van der Waals surface area contributed by atoms with Gasteiger partial charge in [-0.2, -0.15) is 0 Å². The first-order valence-corrected chi connectivity index (χ1v) is 16.9. The Morgan fingerprint density at radius 1 is 0.837 bits per heavy atom. The number of piperazine rings is 1. The molecule has 1 aliphatic heterocycles. The zero-order valence-corrected chi connectivity index (χ0v) is 28.7. The Labute approximate surface area is 295 Å². The number of ether oxygens (including phenoxy) is 2. The molecular weight excluding hydrogens is 663 g/mol. The molecule has 1 fully saturated rings. The smallest absolute Gasteiger partial charge is 0.323 e. The lowest BCUT2D eigenvalue weighted by molar-refractivity contribution is 0.235. The minimum absolute atomic E-state index is 0.361. The lowest BCUT2D eigenvalue weighted by atomic mass is 10.1. The molecule has 2 amide bonds. The number of carbonyl (C=O) groups is 1. The van der Waals surface area contributed by atoms with Crippen molar-refractivity contribution >= 4 is 63.1 Å². The number of amides is 2. The fourth-order valence-electron chi connectivity index (χ4n) is 5.65. The van der Waals surface area contributed by atoms with Crippen molar-refractivity contribution in [2.24, 2.45) is 0 Å². The molecule has 2 aromatic heterocycles. The van der Waals surface area contributed by atoms with Gasteiger partial charge in [0.1, 0.15) is 18.0 Å². The van der Waals surface area contributed by atoms with Crippen molar-refractivity contribution in [3.8, 4) is 11.5 Å². The van der Waals surface area contributed by atoms with Gasteiger partial charge in [0.2, 0.25) is 0 Å². The number of hydrogen-bond donors (Lipinski definition) is 3. The lowest BCUT2D eigenvalue weighted by Gasteiger charge is -2.35. The maximum Gasteiger partial charge on any atom is 0.323 e. The number of nitrogens with zero attached hydrogens (tertiary/aromatic N) is 5. The van der Waals surface area contributed by atoms with Crippen LogP contribution < -0.4 is 30.3 Å². The molecule has 5 aromatic rings. The van der Waals surface area contributed by atoms with Gasteiger partial charge in [-0.25, -0.2) is 19.7 Å². The quantitative estimate of drug-likeness (QED) is 0.107. The van der Waals surface area contributed by atoms with Gasteiger partial charge in [0.05, 0.1) is 29.3 Å². The van der Waals surface area contributed by atoms with Gasteiger partial charge < -0.3 is 30.3 Å². The number of unbranched alkanes of at least 4 members (excludes halogenated alkanes) is 1. The number of carbonyl (C=O) groups excluding carboxylic acids is 1. The van der Waals surface area contributed by atoms with Crippen LogP contribution in [-0.2, 0) is 6.54 Å². The Morgan fingerprint density at radius 3 is 2.45 bits per heavy atom. The van der Waals surface area contributed by atoms with Crippen LogP contribution in [0.2, 0.25) is 10.0 Å². The van der Waals surface area contributed by atoms with E-state index in [1.54, 1.807) is 25.3 Å². The van der Waals surface area contributed by atoms with Gasteiger partial charge in [-0.05, 0) is 73.5 Å². The summed E-state index contributed by atoms with van der Waals surface area (Å²) in [5.74, 6) is 2.99. The van der Waals surface area contributed by atoms with Crippen LogP contribution in [-0.4, -0.2) is 72.3 Å². The van der Waals surface area contributed by atoms with Gasteiger partial charge in [-0.15, -0.1) is 0 Å². The number of nitrogens with one attached hydrogen (secondary N) is 3. The van der Waals surface area contributed by atoms with E-state index < -0.39 is 6.03 Å². The molecule has 13 heteroatoms. The molecule has 0 aliphatic carbocycles. The number of halogens is 2. The molecule has 1 saturated heterocycles. The second kappa shape index (κ2) is 16.5. The van der Waals surface area contributed by atoms with Crippen LogP contribution in [0.5, 0.6) is 11.5 Å². The number of anilines is 4. The van der Waals surface area contributed by atoms with Gasteiger partial charge >= 0.3 is 6.03 Å². The molecule has 0 unspecified atom stereocenters. The largest absolute Gasteiger partial charge is 0.493 e. The van der Waals surface area contributed by atoms with E-state index in [1.165, 1.54) is 6.33 Å². The number of methoxy groups -OCH3 is 1. The number of rotatable bonds is 13. The summed E-state index contributed by atoms with van der Waals surface area (Å²) in [4.78, 5) is 30.9. The monoisotopic (exact) mass is 700 g/mol. The highest BCUT2D eigenvalue weighted by molar-refractivity contribution is 6.42. The summed E-state index contributed by atoms with van der Waals surface area (Å²) in [6, 6.07) is 21.9. The molecule has 0 atom stereocenters. The molecule has 11 nitrogen and oxygen atoms in total. The van der Waals surface area contributed by atoms with Crippen molar-refractivity contribution < 1.29 is 14.3 Å². The van der Waals surface area contributed by atoms with Gasteiger partial charge in [0, 0.05) is 61.7 Å². The standard InChI is InChI=1S/C36H38Cl2N8O3/c1-48-32-22-31-28(21-33(32)49-18-5-4-13-45-14-16-46(17-15-45)34-9-2-3-12-39-34)35(42-24-41-31)40-23-25-7-6-8-26(19-25)43-36(47)44-27-10-11-29(37)30(38)20-27/h2-3,6-12,19-22,24H,4-5,13-18,23H2,1H3,(H,40,41,42)(H2,43,44,47). The Balaban J connectivity index is 1.01. The third-order valence-corrected chi connectivity index (χ3v) is 8.95. The first-order chi connectivity index (χ1) is 23.9. The average molecular weight is 702 g/mol. The minimum Gasteiger partial charge on any atom is -0.493 e. The summed E-state index contributed by atoms with van der Waals surface area (Å²) in [5.41, 5.74) is 2.85. The van der Waals surface area contributed by atoms with E-state index >= 15 is 0 Å². The highest BCUT2D eigenvalue weighted by Crippen LogP contribution is 2.34. The molecule has 6 rings (SSSR count). The molecule has 1 aliphatic rings. The Kier molecular flexibility index (Phi) is 11.5. The van der Waals surface area contributed by atoms with E-state index in [0.717, 1.165) is 67.8 Å². The summed E-state index contributed by atoms with van der Waals surface area (Å²) >= 11 is 12.0. The molecule has 254 valence electrons. The van der Waals surface area contributed by atoms with Gasteiger partial charge in [0.15, 0.2) is 11.5 Å². The summed E-state index contributed by atoms with van der Waals surface area (Å²) in [5, 5.41) is 10.6. The van der Waals surface area contributed by atoms with E-state index in [0.29, 0.717) is 51.9 Å². The fourth-order valence-corrected chi connectivity index (χ4v) is 5.95. The van der Waals surface area contributed by atoms with Crippen LogP contribution in [0.15, 0.2) is 85.3 Å². The molecule has 0 bridgehead atoms. The van der Waals surface area contributed by atoms with Gasteiger partial charge in [-0.3, -0.25) is 4.90 Å². The third-order valence-electron chi connectivity index (χ3n) is 8.21. The van der Waals surface area contributed by atoms with E-state index in [2.05, 4.69) is 46.8 Å². The molecule has 3 heterocycles. The van der Waals surface area contributed by atoms with E-state index in [-0.39, 0.29) is 0 Å². The maximum atomic E-state index is 12.6.